The van der Waals surface area contributed by atoms with Crippen LogP contribution < -0.4 is 4.90 Å². The van der Waals surface area contributed by atoms with Crippen molar-refractivity contribution in [3.8, 4) is 0 Å². The molecule has 0 saturated carbocycles. The van der Waals surface area contributed by atoms with Gasteiger partial charge in [-0.05, 0) is 74.4 Å². The lowest BCUT2D eigenvalue weighted by atomic mass is 9.79. The van der Waals surface area contributed by atoms with E-state index in [9.17, 15) is 0 Å². The molecule has 1 atom stereocenters. The van der Waals surface area contributed by atoms with Crippen molar-refractivity contribution in [2.24, 2.45) is 4.99 Å². The Morgan fingerprint density at radius 1 is 1.22 bits per heavy atom. The van der Waals surface area contributed by atoms with Crippen LogP contribution in [0, 0.1) is 0 Å². The third-order valence-electron chi connectivity index (χ3n) is 5.73. The lowest BCUT2D eigenvalue weighted by Crippen LogP contribution is -2.48. The van der Waals surface area contributed by atoms with Crippen LogP contribution in [0.2, 0.25) is 5.02 Å². The molecule has 2 nitrogen and oxygen atoms in total. The van der Waals surface area contributed by atoms with Gasteiger partial charge in [-0.15, -0.1) is 0 Å². The van der Waals surface area contributed by atoms with Crippen molar-refractivity contribution in [3.05, 3.63) is 58.1 Å². The molecular weight excluding hydrogens is 352 g/mol. The molecule has 2 aromatic rings. The average molecular weight is 383 g/mol. The number of anilines is 1. The van der Waals surface area contributed by atoms with Gasteiger partial charge in [0.1, 0.15) is 0 Å². The Balaban J connectivity index is 1.93. The van der Waals surface area contributed by atoms with Crippen molar-refractivity contribution in [1.29, 1.82) is 0 Å². The van der Waals surface area contributed by atoms with Crippen LogP contribution in [0.3, 0.4) is 0 Å². The molecule has 1 heterocycles. The minimum Gasteiger partial charge on any atom is -0.366 e. The molecule has 0 radical (unpaired) electrons. The topological polar surface area (TPSA) is 15.6 Å². The van der Waals surface area contributed by atoms with Gasteiger partial charge in [0.05, 0.1) is 10.7 Å². The highest BCUT2D eigenvalue weighted by Crippen LogP contribution is 2.44. The van der Waals surface area contributed by atoms with E-state index < -0.39 is 0 Å². The molecule has 1 aliphatic heterocycles. The number of hydrogen-bond donors (Lipinski definition) is 0. The molecule has 0 aliphatic carbocycles. The van der Waals surface area contributed by atoms with Crippen LogP contribution >= 0.6 is 11.6 Å². The highest BCUT2D eigenvalue weighted by atomic mass is 35.5. The number of halogens is 1. The lowest BCUT2D eigenvalue weighted by molar-refractivity contribution is 0.381. The molecule has 0 N–H and O–H groups in total. The Kier molecular flexibility index (Phi) is 5.67. The van der Waals surface area contributed by atoms with E-state index in [-0.39, 0.29) is 5.54 Å². The molecule has 0 spiro atoms. The van der Waals surface area contributed by atoms with Crippen LogP contribution in [-0.2, 0) is 0 Å². The number of aliphatic imine (C=N–C) groups is 1. The minimum absolute atomic E-state index is 0.151. The average Bonchev–Trinajstić information content (AvgIpc) is 2.60. The summed E-state index contributed by atoms with van der Waals surface area (Å²) in [5.74, 6) is 1.04. The number of rotatable bonds is 4. The molecular formula is C24H31ClN2. The summed E-state index contributed by atoms with van der Waals surface area (Å²) in [6, 6.07) is 12.8. The summed E-state index contributed by atoms with van der Waals surface area (Å²) in [6.45, 7) is 14.6. The summed E-state index contributed by atoms with van der Waals surface area (Å²) in [4.78, 5) is 7.13. The Bertz CT molecular complexity index is 834. The van der Waals surface area contributed by atoms with Gasteiger partial charge in [-0.1, -0.05) is 44.5 Å². The predicted molar refractivity (Wildman–Crippen MR) is 119 cm³/mol. The van der Waals surface area contributed by atoms with Crippen molar-refractivity contribution in [1.82, 2.24) is 0 Å². The van der Waals surface area contributed by atoms with E-state index in [1.54, 1.807) is 0 Å². The fourth-order valence-electron chi connectivity index (χ4n) is 4.31. The zero-order valence-corrected chi connectivity index (χ0v) is 18.1. The standard InChI is InChI=1S/C24H31ClN2/c1-7-27-23-13-22(25)19(12-21(23)17(4)14-24(27,5)6)15-26-20-10-8-18(9-11-20)16(2)3/h8-13,15-17H,7,14H2,1-6H3. The van der Waals surface area contributed by atoms with E-state index in [2.05, 4.69) is 87.8 Å². The van der Waals surface area contributed by atoms with Gasteiger partial charge in [0.15, 0.2) is 0 Å². The Morgan fingerprint density at radius 3 is 2.48 bits per heavy atom. The van der Waals surface area contributed by atoms with Gasteiger partial charge in [-0.2, -0.15) is 0 Å². The molecule has 0 amide bonds. The van der Waals surface area contributed by atoms with Gasteiger partial charge < -0.3 is 4.90 Å². The van der Waals surface area contributed by atoms with Gasteiger partial charge in [0, 0.05) is 29.5 Å². The van der Waals surface area contributed by atoms with Crippen LogP contribution in [0.1, 0.15) is 76.5 Å². The molecule has 144 valence electrons. The summed E-state index contributed by atoms with van der Waals surface area (Å²) in [7, 11) is 0. The van der Waals surface area contributed by atoms with Crippen LogP contribution in [-0.4, -0.2) is 18.3 Å². The molecule has 1 unspecified atom stereocenters. The van der Waals surface area contributed by atoms with Crippen molar-refractivity contribution in [3.63, 3.8) is 0 Å². The first kappa shape index (κ1) is 19.9. The SMILES string of the molecule is CCN1c2cc(Cl)c(C=Nc3ccc(C(C)C)cc3)cc2C(C)CC1(C)C. The van der Waals surface area contributed by atoms with Gasteiger partial charge >= 0.3 is 0 Å². The van der Waals surface area contributed by atoms with Gasteiger partial charge in [-0.3, -0.25) is 4.99 Å². The maximum atomic E-state index is 6.64. The zero-order chi connectivity index (χ0) is 19.8. The first-order valence-corrected chi connectivity index (χ1v) is 10.4. The Hall–Kier alpha value is -1.80. The minimum atomic E-state index is 0.151. The summed E-state index contributed by atoms with van der Waals surface area (Å²) in [6.07, 6.45) is 3.04. The second-order valence-electron chi connectivity index (χ2n) is 8.60. The van der Waals surface area contributed by atoms with E-state index in [1.807, 2.05) is 6.21 Å². The Morgan fingerprint density at radius 2 is 1.89 bits per heavy atom. The summed E-state index contributed by atoms with van der Waals surface area (Å²) >= 11 is 6.64. The molecule has 0 saturated heterocycles. The third kappa shape index (κ3) is 4.06. The van der Waals surface area contributed by atoms with Crippen LogP contribution in [0.5, 0.6) is 0 Å². The van der Waals surface area contributed by atoms with Gasteiger partial charge in [0.2, 0.25) is 0 Å². The number of nitrogens with zero attached hydrogens (tertiary/aromatic N) is 2. The molecule has 0 fully saturated rings. The first-order chi connectivity index (χ1) is 12.7. The number of fused-ring (bicyclic) bond motifs is 1. The van der Waals surface area contributed by atoms with E-state index >= 15 is 0 Å². The van der Waals surface area contributed by atoms with Crippen molar-refractivity contribution in [2.75, 3.05) is 11.4 Å². The maximum absolute atomic E-state index is 6.64. The molecule has 3 rings (SSSR count). The molecule has 0 bridgehead atoms. The maximum Gasteiger partial charge on any atom is 0.0630 e. The van der Waals surface area contributed by atoms with Crippen LogP contribution in [0.4, 0.5) is 11.4 Å². The summed E-state index contributed by atoms with van der Waals surface area (Å²) in [5, 5.41) is 0.764. The fraction of sp³-hybridized carbons (Fsp3) is 0.458. The zero-order valence-electron chi connectivity index (χ0n) is 17.4. The summed E-state index contributed by atoms with van der Waals surface area (Å²) in [5.41, 5.74) is 6.07. The largest absolute Gasteiger partial charge is 0.366 e. The van der Waals surface area contributed by atoms with Crippen molar-refractivity contribution >= 4 is 29.2 Å². The highest BCUT2D eigenvalue weighted by Gasteiger charge is 2.35. The second kappa shape index (κ2) is 7.67. The first-order valence-electron chi connectivity index (χ1n) is 9.98. The van der Waals surface area contributed by atoms with E-state index in [4.69, 9.17) is 11.6 Å². The Labute approximate surface area is 169 Å². The second-order valence-corrected chi connectivity index (χ2v) is 9.01. The smallest absolute Gasteiger partial charge is 0.0630 e. The molecule has 3 heteroatoms. The van der Waals surface area contributed by atoms with Gasteiger partial charge in [0.25, 0.3) is 0 Å². The molecule has 0 aromatic heterocycles. The number of hydrogen-bond acceptors (Lipinski definition) is 2. The van der Waals surface area contributed by atoms with Gasteiger partial charge in [-0.25, -0.2) is 0 Å². The number of benzene rings is 2. The highest BCUT2D eigenvalue weighted by molar-refractivity contribution is 6.33. The molecule has 27 heavy (non-hydrogen) atoms. The molecule has 2 aromatic carbocycles. The van der Waals surface area contributed by atoms with Crippen LogP contribution in [0.25, 0.3) is 0 Å². The third-order valence-corrected chi connectivity index (χ3v) is 6.06. The van der Waals surface area contributed by atoms with E-state index in [1.165, 1.54) is 16.8 Å². The normalized spacial score (nSPS) is 19.0. The van der Waals surface area contributed by atoms with Crippen LogP contribution in [0.15, 0.2) is 41.4 Å². The van der Waals surface area contributed by atoms with E-state index in [0.29, 0.717) is 11.8 Å². The summed E-state index contributed by atoms with van der Waals surface area (Å²) < 4.78 is 0. The quantitative estimate of drug-likeness (QED) is 0.505. The monoisotopic (exact) mass is 382 g/mol. The lowest BCUT2D eigenvalue weighted by Gasteiger charge is -2.47. The van der Waals surface area contributed by atoms with E-state index in [0.717, 1.165) is 29.2 Å². The van der Waals surface area contributed by atoms with Crippen molar-refractivity contribution < 1.29 is 0 Å². The predicted octanol–water partition coefficient (Wildman–Crippen LogP) is 7.33. The molecule has 1 aliphatic rings. The fourth-order valence-corrected chi connectivity index (χ4v) is 4.51. The van der Waals surface area contributed by atoms with Crippen molar-refractivity contribution in [2.45, 2.75) is 65.3 Å².